The molecule has 6 nitrogen and oxygen atoms in total. The number of aryl methyl sites for hydroxylation is 1. The van der Waals surface area contributed by atoms with Crippen LogP contribution in [0.2, 0.25) is 5.02 Å². The lowest BCUT2D eigenvalue weighted by Gasteiger charge is -2.35. The average molecular weight is 408 g/mol. The number of thiazole rings is 1. The number of nitrogens with zero attached hydrogens (tertiary/aromatic N) is 5. The largest absolute Gasteiger partial charge is 0.408 e. The first-order valence-electron chi connectivity index (χ1n) is 7.93. The lowest BCUT2D eigenvalue weighted by molar-refractivity contribution is -0.143. The second-order valence-electron chi connectivity index (χ2n) is 6.04. The molecule has 0 aromatic carbocycles. The van der Waals surface area contributed by atoms with Crippen LogP contribution in [0.5, 0.6) is 0 Å². The fourth-order valence-corrected chi connectivity index (χ4v) is 3.69. The lowest BCUT2D eigenvalue weighted by Crippen LogP contribution is -2.46. The van der Waals surface area contributed by atoms with E-state index in [-0.39, 0.29) is 5.02 Å². The highest BCUT2D eigenvalue weighted by atomic mass is 35.5. The summed E-state index contributed by atoms with van der Waals surface area (Å²) in [5, 5.41) is 6.45. The molecule has 1 saturated heterocycles. The zero-order valence-electron chi connectivity index (χ0n) is 14.0. The molecule has 0 aliphatic carbocycles. The Morgan fingerprint density at radius 3 is 2.54 bits per heavy atom. The molecule has 3 rings (SSSR count). The summed E-state index contributed by atoms with van der Waals surface area (Å²) in [6, 6.07) is 0. The molecule has 2 aromatic rings. The van der Waals surface area contributed by atoms with Crippen molar-refractivity contribution < 1.29 is 13.2 Å². The minimum atomic E-state index is -4.53. The Balaban J connectivity index is 1.65. The van der Waals surface area contributed by atoms with E-state index >= 15 is 0 Å². The molecule has 0 spiro atoms. The van der Waals surface area contributed by atoms with E-state index in [0.717, 1.165) is 30.3 Å². The monoisotopic (exact) mass is 407 g/mol. The Morgan fingerprint density at radius 2 is 1.96 bits per heavy atom. The molecule has 0 bridgehead atoms. The van der Waals surface area contributed by atoms with E-state index < -0.39 is 18.3 Å². The zero-order valence-corrected chi connectivity index (χ0v) is 15.5. The van der Waals surface area contributed by atoms with Crippen LogP contribution in [0.4, 0.5) is 18.9 Å². The molecular formula is C15H17ClF3N5OS. The molecule has 1 aliphatic rings. The third kappa shape index (κ3) is 4.54. The number of rotatable bonds is 4. The van der Waals surface area contributed by atoms with Crippen molar-refractivity contribution in [1.82, 2.24) is 19.7 Å². The third-order valence-corrected chi connectivity index (χ3v) is 5.24. The quantitative estimate of drug-likeness (QED) is 0.779. The molecule has 0 unspecified atom stereocenters. The van der Waals surface area contributed by atoms with E-state index in [4.69, 9.17) is 11.6 Å². The van der Waals surface area contributed by atoms with Crippen LogP contribution in [0.1, 0.15) is 10.7 Å². The number of piperazine rings is 1. The molecule has 1 aliphatic heterocycles. The zero-order chi connectivity index (χ0) is 18.9. The highest BCUT2D eigenvalue weighted by molar-refractivity contribution is 7.09. The molecule has 0 amide bonds. The van der Waals surface area contributed by atoms with Crippen LogP contribution in [0, 0.1) is 6.92 Å². The second-order valence-corrected chi connectivity index (χ2v) is 7.48. The highest BCUT2D eigenvalue weighted by Crippen LogP contribution is 2.24. The predicted octanol–water partition coefficient (Wildman–Crippen LogP) is 2.55. The summed E-state index contributed by atoms with van der Waals surface area (Å²) in [6.45, 7) is 3.93. The SMILES string of the molecule is Cc1nc(CN2CCN(c3cnn(CC(F)(F)F)c(=O)c3Cl)CC2)cs1. The molecule has 0 N–H and O–H groups in total. The van der Waals surface area contributed by atoms with Gasteiger partial charge in [-0.1, -0.05) is 11.6 Å². The normalized spacial score (nSPS) is 16.3. The van der Waals surface area contributed by atoms with Gasteiger partial charge in [0.1, 0.15) is 11.6 Å². The number of aromatic nitrogens is 3. The predicted molar refractivity (Wildman–Crippen MR) is 93.9 cm³/mol. The van der Waals surface area contributed by atoms with Crippen molar-refractivity contribution in [3.05, 3.63) is 37.7 Å². The Morgan fingerprint density at radius 1 is 1.27 bits per heavy atom. The standard InChI is InChI=1S/C15H17ClF3N5OS/c1-10-21-11(8-26-10)7-22-2-4-23(5-3-22)12-6-20-24(9-15(17,18)19)14(25)13(12)16/h6,8H,2-5,7,9H2,1H3. The van der Waals surface area contributed by atoms with Crippen molar-refractivity contribution in [2.45, 2.75) is 26.2 Å². The summed E-state index contributed by atoms with van der Waals surface area (Å²) < 4.78 is 37.7. The molecule has 0 atom stereocenters. The van der Waals surface area contributed by atoms with E-state index in [1.807, 2.05) is 17.2 Å². The molecule has 3 heterocycles. The maximum Gasteiger partial charge on any atom is 0.408 e. The van der Waals surface area contributed by atoms with Crippen molar-refractivity contribution in [3.63, 3.8) is 0 Å². The molecule has 26 heavy (non-hydrogen) atoms. The van der Waals surface area contributed by atoms with Gasteiger partial charge in [-0.25, -0.2) is 9.67 Å². The summed E-state index contributed by atoms with van der Waals surface area (Å²) >= 11 is 7.63. The van der Waals surface area contributed by atoms with Gasteiger partial charge in [-0.05, 0) is 6.92 Å². The Hall–Kier alpha value is -1.65. The van der Waals surface area contributed by atoms with E-state index in [1.54, 1.807) is 11.3 Å². The highest BCUT2D eigenvalue weighted by Gasteiger charge is 2.30. The first-order chi connectivity index (χ1) is 12.2. The van der Waals surface area contributed by atoms with Crippen LogP contribution >= 0.6 is 22.9 Å². The Labute approximate surface area is 156 Å². The van der Waals surface area contributed by atoms with Gasteiger partial charge in [0.25, 0.3) is 5.56 Å². The summed E-state index contributed by atoms with van der Waals surface area (Å²) in [5.74, 6) is 0. The summed E-state index contributed by atoms with van der Waals surface area (Å²) in [5.41, 5.74) is 0.469. The molecule has 1 fully saturated rings. The van der Waals surface area contributed by atoms with Gasteiger partial charge in [0, 0.05) is 38.1 Å². The number of alkyl halides is 3. The minimum Gasteiger partial charge on any atom is -0.366 e. The maximum absolute atomic E-state index is 12.5. The Bertz CT molecular complexity index is 829. The fourth-order valence-electron chi connectivity index (χ4n) is 2.82. The second kappa shape index (κ2) is 7.53. The molecule has 2 aromatic heterocycles. The fraction of sp³-hybridized carbons (Fsp3) is 0.533. The number of hydrogen-bond acceptors (Lipinski definition) is 6. The van der Waals surface area contributed by atoms with E-state index in [0.29, 0.717) is 23.5 Å². The first-order valence-corrected chi connectivity index (χ1v) is 9.19. The first kappa shape index (κ1) is 19.1. The van der Waals surface area contributed by atoms with Crippen LogP contribution in [0.3, 0.4) is 0 Å². The summed E-state index contributed by atoms with van der Waals surface area (Å²) in [6.07, 6.45) is -3.30. The van der Waals surface area contributed by atoms with Crippen LogP contribution in [0.25, 0.3) is 0 Å². The van der Waals surface area contributed by atoms with Gasteiger partial charge in [0.05, 0.1) is 22.6 Å². The van der Waals surface area contributed by atoms with Crippen LogP contribution in [-0.4, -0.2) is 52.0 Å². The van der Waals surface area contributed by atoms with E-state index in [9.17, 15) is 18.0 Å². The van der Waals surface area contributed by atoms with Gasteiger partial charge in [-0.2, -0.15) is 18.3 Å². The van der Waals surface area contributed by atoms with Gasteiger partial charge < -0.3 is 4.90 Å². The summed E-state index contributed by atoms with van der Waals surface area (Å²) in [7, 11) is 0. The van der Waals surface area contributed by atoms with Gasteiger partial charge in [0.15, 0.2) is 0 Å². The third-order valence-electron chi connectivity index (χ3n) is 4.06. The van der Waals surface area contributed by atoms with Gasteiger partial charge in [0.2, 0.25) is 0 Å². The average Bonchev–Trinajstić information content (AvgIpc) is 2.97. The molecule has 142 valence electrons. The van der Waals surface area contributed by atoms with Crippen molar-refractivity contribution in [2.24, 2.45) is 0 Å². The van der Waals surface area contributed by atoms with E-state index in [2.05, 4.69) is 15.0 Å². The molecule has 0 saturated carbocycles. The smallest absolute Gasteiger partial charge is 0.366 e. The topological polar surface area (TPSA) is 54.3 Å². The van der Waals surface area contributed by atoms with Crippen molar-refractivity contribution in [1.29, 1.82) is 0 Å². The Kier molecular flexibility index (Phi) is 5.54. The van der Waals surface area contributed by atoms with Crippen LogP contribution < -0.4 is 10.5 Å². The number of halogens is 4. The van der Waals surface area contributed by atoms with Crippen molar-refractivity contribution in [2.75, 3.05) is 31.1 Å². The van der Waals surface area contributed by atoms with Gasteiger partial charge >= 0.3 is 6.18 Å². The maximum atomic E-state index is 12.5. The number of anilines is 1. The van der Waals surface area contributed by atoms with Gasteiger partial charge in [-0.15, -0.1) is 11.3 Å². The lowest BCUT2D eigenvalue weighted by atomic mass is 10.2. The molecular weight excluding hydrogens is 391 g/mol. The van der Waals surface area contributed by atoms with Crippen LogP contribution in [0.15, 0.2) is 16.4 Å². The number of hydrogen-bond donors (Lipinski definition) is 0. The van der Waals surface area contributed by atoms with Crippen LogP contribution in [-0.2, 0) is 13.1 Å². The summed E-state index contributed by atoms with van der Waals surface area (Å²) in [4.78, 5) is 20.6. The molecule has 0 radical (unpaired) electrons. The molecule has 11 heteroatoms. The van der Waals surface area contributed by atoms with E-state index in [1.165, 1.54) is 6.20 Å². The van der Waals surface area contributed by atoms with Crippen molar-refractivity contribution >= 4 is 28.6 Å². The van der Waals surface area contributed by atoms with Crippen molar-refractivity contribution in [3.8, 4) is 0 Å². The van der Waals surface area contributed by atoms with Gasteiger partial charge in [-0.3, -0.25) is 9.69 Å². The minimum absolute atomic E-state index is 0.229.